The van der Waals surface area contributed by atoms with Crippen LogP contribution in [-0.4, -0.2) is 13.3 Å². The number of benzene rings is 1. The Balaban J connectivity index is 2.76. The Morgan fingerprint density at radius 2 is 1.54 bits per heavy atom. The highest BCUT2D eigenvalue weighted by Gasteiger charge is 2.07. The summed E-state index contributed by atoms with van der Waals surface area (Å²) in [6, 6.07) is 8.40. The van der Waals surface area contributed by atoms with Crippen LogP contribution in [0.5, 0.6) is 0 Å². The zero-order valence-corrected chi connectivity index (χ0v) is 9.47. The minimum absolute atomic E-state index is 0.719. The molecule has 0 spiro atoms. The van der Waals surface area contributed by atoms with Gasteiger partial charge < -0.3 is 4.57 Å². The van der Waals surface area contributed by atoms with Crippen LogP contribution in [-0.2, 0) is 17.1 Å². The normalized spacial score (nSPS) is 11.6. The maximum atomic E-state index is 11.5. The van der Waals surface area contributed by atoms with Crippen molar-refractivity contribution < 1.29 is 4.57 Å². The Kier molecular flexibility index (Phi) is 3.33. The van der Waals surface area contributed by atoms with Gasteiger partial charge in [0.1, 0.15) is 0 Å². The first kappa shape index (κ1) is 10.5. The van der Waals surface area contributed by atoms with Crippen molar-refractivity contribution in [3.8, 4) is 0 Å². The van der Waals surface area contributed by atoms with Crippen LogP contribution in [0.1, 0.15) is 18.1 Å². The van der Waals surface area contributed by atoms with E-state index < -0.39 is 7.14 Å². The summed E-state index contributed by atoms with van der Waals surface area (Å²) in [7, 11) is -1.91. The van der Waals surface area contributed by atoms with E-state index in [1.807, 2.05) is 13.3 Å². The second kappa shape index (κ2) is 4.11. The maximum absolute atomic E-state index is 11.5. The fourth-order valence-corrected chi connectivity index (χ4v) is 2.41. The van der Waals surface area contributed by atoms with Crippen LogP contribution in [0.3, 0.4) is 0 Å². The summed E-state index contributed by atoms with van der Waals surface area (Å²) in [5.41, 5.74) is 2.52. The van der Waals surface area contributed by atoms with E-state index in [0.29, 0.717) is 0 Å². The molecule has 1 aromatic carbocycles. The van der Waals surface area contributed by atoms with E-state index in [1.54, 1.807) is 0 Å². The molecule has 0 atom stereocenters. The van der Waals surface area contributed by atoms with Gasteiger partial charge in [0.15, 0.2) is 0 Å². The lowest BCUT2D eigenvalue weighted by atomic mass is 10.1. The molecule has 0 saturated carbocycles. The molecule has 13 heavy (non-hydrogen) atoms. The van der Waals surface area contributed by atoms with Crippen LogP contribution < -0.4 is 0 Å². The second-order valence-electron chi connectivity index (χ2n) is 3.90. The van der Waals surface area contributed by atoms with Crippen molar-refractivity contribution >= 4 is 7.14 Å². The molecule has 0 aliphatic heterocycles. The minimum Gasteiger partial charge on any atom is -0.324 e. The lowest BCUT2D eigenvalue weighted by molar-refractivity contribution is 0.582. The molecule has 0 aromatic heterocycles. The van der Waals surface area contributed by atoms with E-state index in [9.17, 15) is 4.57 Å². The molecule has 0 amide bonds. The third kappa shape index (κ3) is 3.78. The Hall–Kier alpha value is -0.550. The molecular formula is C11H17OP. The Morgan fingerprint density at radius 1 is 1.08 bits per heavy atom. The fourth-order valence-electron chi connectivity index (χ4n) is 1.32. The van der Waals surface area contributed by atoms with E-state index >= 15 is 0 Å². The van der Waals surface area contributed by atoms with Gasteiger partial charge >= 0.3 is 0 Å². The topological polar surface area (TPSA) is 17.1 Å². The average molecular weight is 196 g/mol. The van der Waals surface area contributed by atoms with Crippen LogP contribution in [0.2, 0.25) is 0 Å². The Bertz CT molecular complexity index is 307. The summed E-state index contributed by atoms with van der Waals surface area (Å²) in [5, 5.41) is 0. The predicted octanol–water partition coefficient (Wildman–Crippen LogP) is 3.37. The summed E-state index contributed by atoms with van der Waals surface area (Å²) < 4.78 is 11.5. The highest BCUT2D eigenvalue weighted by atomic mass is 31.2. The van der Waals surface area contributed by atoms with Crippen LogP contribution in [0, 0.1) is 0 Å². The van der Waals surface area contributed by atoms with Gasteiger partial charge in [-0.15, -0.1) is 0 Å². The van der Waals surface area contributed by atoms with Gasteiger partial charge in [0.05, 0.1) is 7.14 Å². The molecule has 0 fully saturated rings. The van der Waals surface area contributed by atoms with Crippen LogP contribution in [0.15, 0.2) is 24.3 Å². The van der Waals surface area contributed by atoms with Gasteiger partial charge in [0.25, 0.3) is 0 Å². The van der Waals surface area contributed by atoms with Gasteiger partial charge in [-0.1, -0.05) is 31.2 Å². The van der Waals surface area contributed by atoms with Crippen molar-refractivity contribution in [3.05, 3.63) is 35.4 Å². The van der Waals surface area contributed by atoms with Crippen molar-refractivity contribution in [2.75, 3.05) is 13.3 Å². The van der Waals surface area contributed by atoms with Gasteiger partial charge in [0, 0.05) is 6.16 Å². The smallest absolute Gasteiger partial charge is 0.0861 e. The SMILES string of the molecule is CCc1ccc(CP(C)(C)=O)cc1. The average Bonchev–Trinajstić information content (AvgIpc) is 2.03. The van der Waals surface area contributed by atoms with E-state index in [2.05, 4.69) is 31.2 Å². The molecule has 0 heterocycles. The fraction of sp³-hybridized carbons (Fsp3) is 0.455. The third-order valence-electron chi connectivity index (χ3n) is 1.99. The van der Waals surface area contributed by atoms with Crippen LogP contribution in [0.25, 0.3) is 0 Å². The van der Waals surface area contributed by atoms with Crippen molar-refractivity contribution in [2.24, 2.45) is 0 Å². The number of hydrogen-bond acceptors (Lipinski definition) is 1. The first-order valence-corrected chi connectivity index (χ1v) is 7.42. The second-order valence-corrected chi connectivity index (χ2v) is 7.37. The van der Waals surface area contributed by atoms with E-state index in [0.717, 1.165) is 12.6 Å². The lowest BCUT2D eigenvalue weighted by Crippen LogP contribution is -1.86. The molecule has 72 valence electrons. The molecular weight excluding hydrogens is 179 g/mol. The summed E-state index contributed by atoms with van der Waals surface area (Å²) in [4.78, 5) is 0. The van der Waals surface area contributed by atoms with Gasteiger partial charge in [-0.25, -0.2) is 0 Å². The molecule has 1 nitrogen and oxygen atoms in total. The quantitative estimate of drug-likeness (QED) is 0.677. The standard InChI is InChI=1S/C11H17OP/c1-4-10-5-7-11(8-6-10)9-13(2,3)12/h5-8H,4,9H2,1-3H3. The van der Waals surface area contributed by atoms with Crippen LogP contribution in [0.4, 0.5) is 0 Å². The summed E-state index contributed by atoms with van der Waals surface area (Å²) >= 11 is 0. The molecule has 0 unspecified atom stereocenters. The molecule has 0 N–H and O–H groups in total. The zero-order valence-electron chi connectivity index (χ0n) is 8.58. The van der Waals surface area contributed by atoms with Crippen molar-refractivity contribution in [2.45, 2.75) is 19.5 Å². The van der Waals surface area contributed by atoms with Crippen molar-refractivity contribution in [1.29, 1.82) is 0 Å². The zero-order chi connectivity index (χ0) is 9.90. The highest BCUT2D eigenvalue weighted by Crippen LogP contribution is 2.40. The van der Waals surface area contributed by atoms with Gasteiger partial charge in [-0.3, -0.25) is 0 Å². The summed E-state index contributed by atoms with van der Waals surface area (Å²) in [6.07, 6.45) is 1.78. The van der Waals surface area contributed by atoms with E-state index in [1.165, 1.54) is 11.1 Å². The first-order valence-electron chi connectivity index (χ1n) is 4.63. The third-order valence-corrected chi connectivity index (χ3v) is 3.12. The lowest BCUT2D eigenvalue weighted by Gasteiger charge is -2.06. The first-order chi connectivity index (χ1) is 6.01. The number of hydrogen-bond donors (Lipinski definition) is 0. The summed E-state index contributed by atoms with van der Waals surface area (Å²) in [5.74, 6) is 0. The highest BCUT2D eigenvalue weighted by molar-refractivity contribution is 7.61. The maximum Gasteiger partial charge on any atom is 0.0861 e. The Labute approximate surface area is 80.5 Å². The molecule has 0 radical (unpaired) electrons. The summed E-state index contributed by atoms with van der Waals surface area (Å²) in [6.45, 7) is 5.81. The van der Waals surface area contributed by atoms with E-state index in [-0.39, 0.29) is 0 Å². The monoisotopic (exact) mass is 196 g/mol. The van der Waals surface area contributed by atoms with Gasteiger partial charge in [-0.05, 0) is 30.9 Å². The minimum atomic E-state index is -1.91. The molecule has 0 aliphatic carbocycles. The van der Waals surface area contributed by atoms with Crippen molar-refractivity contribution in [3.63, 3.8) is 0 Å². The van der Waals surface area contributed by atoms with Gasteiger partial charge in [0.2, 0.25) is 0 Å². The molecule has 1 aromatic rings. The molecule has 0 saturated heterocycles. The largest absolute Gasteiger partial charge is 0.324 e. The predicted molar refractivity (Wildman–Crippen MR) is 59.0 cm³/mol. The van der Waals surface area contributed by atoms with Crippen molar-refractivity contribution in [1.82, 2.24) is 0 Å². The number of aryl methyl sites for hydroxylation is 1. The molecule has 2 heteroatoms. The Morgan fingerprint density at radius 3 is 1.92 bits per heavy atom. The van der Waals surface area contributed by atoms with Crippen LogP contribution >= 0.6 is 7.14 Å². The van der Waals surface area contributed by atoms with Gasteiger partial charge in [-0.2, -0.15) is 0 Å². The van der Waals surface area contributed by atoms with E-state index in [4.69, 9.17) is 0 Å². The molecule has 0 aliphatic rings. The molecule has 0 bridgehead atoms. The number of rotatable bonds is 3. The molecule has 1 rings (SSSR count).